The van der Waals surface area contributed by atoms with E-state index in [1.807, 2.05) is 42.1 Å². The van der Waals surface area contributed by atoms with Gasteiger partial charge < -0.3 is 14.8 Å². The van der Waals surface area contributed by atoms with Gasteiger partial charge in [0.05, 0.1) is 29.3 Å². The first-order valence-electron chi connectivity index (χ1n) is 10.1. The van der Waals surface area contributed by atoms with Crippen LogP contribution in [0.3, 0.4) is 0 Å². The van der Waals surface area contributed by atoms with E-state index < -0.39 is 0 Å². The van der Waals surface area contributed by atoms with E-state index >= 15 is 0 Å². The lowest BCUT2D eigenvalue weighted by atomic mass is 10.0. The Labute approximate surface area is 210 Å². The Hall–Kier alpha value is -2.38. The van der Waals surface area contributed by atoms with Gasteiger partial charge in [0, 0.05) is 38.7 Å². The van der Waals surface area contributed by atoms with Crippen molar-refractivity contribution < 1.29 is 9.47 Å². The van der Waals surface area contributed by atoms with Crippen molar-refractivity contribution in [3.8, 4) is 11.5 Å². The second kappa shape index (κ2) is 9.47. The molecule has 1 aliphatic heterocycles. The van der Waals surface area contributed by atoms with E-state index in [4.69, 9.17) is 44.3 Å². The number of ether oxygens (including phenoxy) is 2. The highest BCUT2D eigenvalue weighted by atomic mass is 35.5. The van der Waals surface area contributed by atoms with Crippen molar-refractivity contribution in [3.05, 3.63) is 75.5 Å². The van der Waals surface area contributed by atoms with Crippen LogP contribution < -0.4 is 14.8 Å². The predicted molar refractivity (Wildman–Crippen MR) is 136 cm³/mol. The van der Waals surface area contributed by atoms with Crippen LogP contribution in [0.1, 0.15) is 11.5 Å². The lowest BCUT2D eigenvalue weighted by Crippen LogP contribution is -2.10. The Balaban J connectivity index is 1.42. The molecule has 1 atom stereocenters. The molecule has 0 aliphatic carbocycles. The van der Waals surface area contributed by atoms with Crippen molar-refractivity contribution in [1.82, 2.24) is 9.97 Å². The Morgan fingerprint density at radius 3 is 2.70 bits per heavy atom. The number of aromatic nitrogens is 2. The molecule has 168 valence electrons. The number of hydrogen-bond acceptors (Lipinski definition) is 6. The average Bonchev–Trinajstić information content (AvgIpc) is 3.21. The quantitative estimate of drug-likeness (QED) is 0.283. The van der Waals surface area contributed by atoms with Gasteiger partial charge in [0.25, 0.3) is 0 Å². The Kier molecular flexibility index (Phi) is 6.43. The molecule has 1 N–H and O–H groups in total. The SMILES string of the molecule is COc1cc2c(Nc3ccc(Cl)c(Cl)c3)ncnc2cc1OCC1CSc2ccc(Cl)cc21. The Bertz CT molecular complexity index is 1350. The smallest absolute Gasteiger partial charge is 0.163 e. The van der Waals surface area contributed by atoms with Crippen molar-refractivity contribution in [1.29, 1.82) is 0 Å². The molecule has 0 saturated carbocycles. The molecule has 0 bridgehead atoms. The molecule has 0 spiro atoms. The number of fused-ring (bicyclic) bond motifs is 2. The third-order valence-electron chi connectivity index (χ3n) is 5.39. The number of hydrogen-bond donors (Lipinski definition) is 1. The first-order chi connectivity index (χ1) is 16.0. The summed E-state index contributed by atoms with van der Waals surface area (Å²) in [6, 6.07) is 15.1. The normalized spacial score (nSPS) is 14.8. The Morgan fingerprint density at radius 1 is 1.00 bits per heavy atom. The number of rotatable bonds is 6. The zero-order chi connectivity index (χ0) is 22.9. The molecule has 5 rings (SSSR count). The Morgan fingerprint density at radius 2 is 1.88 bits per heavy atom. The number of methoxy groups -OCH3 is 1. The summed E-state index contributed by atoms with van der Waals surface area (Å²) in [5, 5.41) is 5.75. The van der Waals surface area contributed by atoms with Crippen LogP contribution in [0.25, 0.3) is 10.9 Å². The molecule has 9 heteroatoms. The summed E-state index contributed by atoms with van der Waals surface area (Å²) in [4.78, 5) is 10.1. The minimum Gasteiger partial charge on any atom is -0.493 e. The van der Waals surface area contributed by atoms with Gasteiger partial charge in [-0.1, -0.05) is 34.8 Å². The summed E-state index contributed by atoms with van der Waals surface area (Å²) in [5.74, 6) is 3.06. The van der Waals surface area contributed by atoms with Crippen LogP contribution in [0.15, 0.2) is 59.8 Å². The molecular formula is C24H18Cl3N3O2S. The largest absolute Gasteiger partial charge is 0.493 e. The summed E-state index contributed by atoms with van der Waals surface area (Å²) >= 11 is 20.2. The topological polar surface area (TPSA) is 56.3 Å². The summed E-state index contributed by atoms with van der Waals surface area (Å²) in [5.41, 5.74) is 2.72. The summed E-state index contributed by atoms with van der Waals surface area (Å²) in [6.45, 7) is 0.516. The predicted octanol–water partition coefficient (Wildman–Crippen LogP) is 7.61. The zero-order valence-corrected chi connectivity index (χ0v) is 20.5. The standard InChI is InChI=1S/C24H18Cl3N3O2S/c1-31-21-8-17-20(28-12-29-24(17)30-15-3-4-18(26)19(27)7-15)9-22(21)32-10-13-11-33-23-5-2-14(25)6-16(13)23/h2-9,12-13H,10-11H2,1H3,(H,28,29,30). The lowest BCUT2D eigenvalue weighted by molar-refractivity contribution is 0.279. The molecule has 2 heterocycles. The van der Waals surface area contributed by atoms with Gasteiger partial charge in [-0.25, -0.2) is 9.97 Å². The van der Waals surface area contributed by atoms with Crippen molar-refractivity contribution in [2.45, 2.75) is 10.8 Å². The van der Waals surface area contributed by atoms with Crippen LogP contribution >= 0.6 is 46.6 Å². The molecule has 4 aromatic rings. The average molecular weight is 519 g/mol. The molecule has 3 aromatic carbocycles. The fraction of sp³-hybridized carbons (Fsp3) is 0.167. The van der Waals surface area contributed by atoms with Crippen molar-refractivity contribution in [2.24, 2.45) is 0 Å². The second-order valence-electron chi connectivity index (χ2n) is 7.50. The van der Waals surface area contributed by atoms with Crippen LogP contribution in [0.5, 0.6) is 11.5 Å². The number of benzene rings is 3. The van der Waals surface area contributed by atoms with Gasteiger partial charge in [0.1, 0.15) is 12.1 Å². The van der Waals surface area contributed by atoms with E-state index in [2.05, 4.69) is 21.4 Å². The molecule has 1 aliphatic rings. The highest BCUT2D eigenvalue weighted by molar-refractivity contribution is 7.99. The maximum absolute atomic E-state index is 6.21. The lowest BCUT2D eigenvalue weighted by Gasteiger charge is -2.16. The van der Waals surface area contributed by atoms with Crippen molar-refractivity contribution in [2.75, 3.05) is 24.8 Å². The van der Waals surface area contributed by atoms with Gasteiger partial charge in [0.2, 0.25) is 0 Å². The fourth-order valence-corrected chi connectivity index (χ4v) is 5.42. The minimum atomic E-state index is 0.251. The van der Waals surface area contributed by atoms with E-state index in [9.17, 15) is 0 Å². The maximum atomic E-state index is 6.21. The molecule has 0 fully saturated rings. The first-order valence-corrected chi connectivity index (χ1v) is 12.2. The molecule has 1 unspecified atom stereocenters. The van der Waals surface area contributed by atoms with Crippen LogP contribution in [0, 0.1) is 0 Å². The van der Waals surface area contributed by atoms with Crippen LogP contribution in [0.4, 0.5) is 11.5 Å². The monoisotopic (exact) mass is 517 g/mol. The summed E-state index contributed by atoms with van der Waals surface area (Å²) < 4.78 is 11.8. The maximum Gasteiger partial charge on any atom is 0.163 e. The van der Waals surface area contributed by atoms with Gasteiger partial charge in [-0.2, -0.15) is 0 Å². The van der Waals surface area contributed by atoms with E-state index in [0.29, 0.717) is 34.0 Å². The molecule has 1 aromatic heterocycles. The number of nitrogens with zero attached hydrogens (tertiary/aromatic N) is 2. The third kappa shape index (κ3) is 4.66. The summed E-state index contributed by atoms with van der Waals surface area (Å²) in [6.07, 6.45) is 1.50. The molecule has 0 radical (unpaired) electrons. The van der Waals surface area contributed by atoms with Gasteiger partial charge in [-0.15, -0.1) is 11.8 Å². The van der Waals surface area contributed by atoms with Gasteiger partial charge in [-0.3, -0.25) is 0 Å². The van der Waals surface area contributed by atoms with Crippen molar-refractivity contribution >= 4 is 69.0 Å². The minimum absolute atomic E-state index is 0.251. The third-order valence-corrected chi connectivity index (χ3v) is 7.62. The number of halogens is 3. The van der Waals surface area contributed by atoms with Gasteiger partial charge in [0.15, 0.2) is 11.5 Å². The molecule has 33 heavy (non-hydrogen) atoms. The fourth-order valence-electron chi connectivity index (χ4n) is 3.72. The van der Waals surface area contributed by atoms with Gasteiger partial charge >= 0.3 is 0 Å². The van der Waals surface area contributed by atoms with Crippen LogP contribution in [0.2, 0.25) is 15.1 Å². The highest BCUT2D eigenvalue weighted by Crippen LogP contribution is 2.42. The van der Waals surface area contributed by atoms with Crippen LogP contribution in [-0.4, -0.2) is 29.4 Å². The van der Waals surface area contributed by atoms with Crippen LogP contribution in [-0.2, 0) is 0 Å². The van der Waals surface area contributed by atoms with Gasteiger partial charge in [-0.05, 0) is 48.0 Å². The van der Waals surface area contributed by atoms with E-state index in [0.717, 1.165) is 27.4 Å². The highest BCUT2D eigenvalue weighted by Gasteiger charge is 2.25. The molecule has 0 saturated heterocycles. The first kappa shape index (κ1) is 22.4. The molecular weight excluding hydrogens is 501 g/mol. The molecule has 5 nitrogen and oxygen atoms in total. The molecule has 0 amide bonds. The number of thioether (sulfide) groups is 1. The zero-order valence-electron chi connectivity index (χ0n) is 17.4. The van der Waals surface area contributed by atoms with E-state index in [1.165, 1.54) is 16.8 Å². The van der Waals surface area contributed by atoms with Crippen molar-refractivity contribution in [3.63, 3.8) is 0 Å². The second-order valence-corrected chi connectivity index (χ2v) is 9.81. The summed E-state index contributed by atoms with van der Waals surface area (Å²) in [7, 11) is 1.62. The van der Waals surface area contributed by atoms with E-state index in [-0.39, 0.29) is 5.92 Å². The van der Waals surface area contributed by atoms with E-state index in [1.54, 1.807) is 19.2 Å². The number of nitrogens with one attached hydrogen (secondary N) is 1. The number of anilines is 2.